The lowest BCUT2D eigenvalue weighted by molar-refractivity contribution is 0.0539. The maximum absolute atomic E-state index is 5.69. The topological polar surface area (TPSA) is 48.8 Å². The van der Waals surface area contributed by atoms with Crippen LogP contribution in [-0.4, -0.2) is 54.9 Å². The largest absolute Gasteiger partial charge is 0.493 e. The molecule has 2 aliphatic heterocycles. The first-order valence-electron chi connectivity index (χ1n) is 10.8. The second kappa shape index (κ2) is 9.08. The van der Waals surface area contributed by atoms with Gasteiger partial charge in [-0.2, -0.15) is 0 Å². The summed E-state index contributed by atoms with van der Waals surface area (Å²) in [5, 5.41) is 0. The SMILES string of the molecule is COc1ccc(-c2nccn2CC[C@@H]2CCCN3CCCC[C@H]23)c(OC)c1OC. The van der Waals surface area contributed by atoms with Crippen molar-refractivity contribution in [3.8, 4) is 28.6 Å². The van der Waals surface area contributed by atoms with Gasteiger partial charge in [-0.3, -0.25) is 0 Å². The Kier molecular flexibility index (Phi) is 6.28. The van der Waals surface area contributed by atoms with Gasteiger partial charge < -0.3 is 23.7 Å². The summed E-state index contributed by atoms with van der Waals surface area (Å²) in [5.74, 6) is 3.62. The fraction of sp³-hybridized carbons (Fsp3) is 0.609. The van der Waals surface area contributed by atoms with E-state index in [0.29, 0.717) is 17.2 Å². The van der Waals surface area contributed by atoms with E-state index in [1.54, 1.807) is 21.3 Å². The van der Waals surface area contributed by atoms with Crippen molar-refractivity contribution in [3.05, 3.63) is 24.5 Å². The van der Waals surface area contributed by atoms with Crippen LogP contribution in [0.4, 0.5) is 0 Å². The van der Waals surface area contributed by atoms with Gasteiger partial charge in [-0.15, -0.1) is 0 Å². The smallest absolute Gasteiger partial charge is 0.204 e. The standard InChI is InChI=1S/C23H33N3O3/c1-27-20-10-9-18(21(28-2)22(20)29-3)23-24-12-16-26(23)15-11-17-7-6-14-25-13-5-4-8-19(17)25/h9-10,12,16-17,19H,4-8,11,13-15H2,1-3H3/t17-,19+/m0/s1. The molecule has 6 heteroatoms. The summed E-state index contributed by atoms with van der Waals surface area (Å²) in [5.41, 5.74) is 0.929. The molecule has 158 valence electrons. The minimum Gasteiger partial charge on any atom is -0.493 e. The van der Waals surface area contributed by atoms with Crippen LogP contribution in [0, 0.1) is 5.92 Å². The van der Waals surface area contributed by atoms with E-state index in [-0.39, 0.29) is 0 Å². The van der Waals surface area contributed by atoms with Crippen molar-refractivity contribution in [1.29, 1.82) is 0 Å². The normalized spacial score (nSPS) is 22.2. The highest BCUT2D eigenvalue weighted by Gasteiger charge is 2.32. The lowest BCUT2D eigenvalue weighted by atomic mass is 9.81. The third kappa shape index (κ3) is 3.95. The summed E-state index contributed by atoms with van der Waals surface area (Å²) in [6, 6.07) is 4.69. The third-order valence-corrected chi connectivity index (χ3v) is 6.63. The molecule has 4 rings (SSSR count). The first-order valence-corrected chi connectivity index (χ1v) is 10.8. The second-order valence-corrected chi connectivity index (χ2v) is 8.12. The quantitative estimate of drug-likeness (QED) is 0.697. The van der Waals surface area contributed by atoms with Crippen molar-refractivity contribution in [2.45, 2.75) is 51.1 Å². The molecule has 2 aromatic rings. The van der Waals surface area contributed by atoms with Crippen molar-refractivity contribution >= 4 is 0 Å². The van der Waals surface area contributed by atoms with Crippen molar-refractivity contribution in [3.63, 3.8) is 0 Å². The van der Waals surface area contributed by atoms with E-state index in [1.807, 2.05) is 18.3 Å². The Morgan fingerprint density at radius 1 is 0.966 bits per heavy atom. The Balaban J connectivity index is 1.55. The average Bonchev–Trinajstić information content (AvgIpc) is 3.24. The monoisotopic (exact) mass is 399 g/mol. The number of aryl methyl sites for hydroxylation is 1. The fourth-order valence-corrected chi connectivity index (χ4v) is 5.23. The summed E-state index contributed by atoms with van der Waals surface area (Å²) >= 11 is 0. The summed E-state index contributed by atoms with van der Waals surface area (Å²) in [6.45, 7) is 3.56. The molecule has 0 unspecified atom stereocenters. The number of ether oxygens (including phenoxy) is 3. The molecule has 0 saturated carbocycles. The average molecular weight is 400 g/mol. The molecule has 1 aromatic carbocycles. The Labute approximate surface area is 173 Å². The van der Waals surface area contributed by atoms with Crippen LogP contribution in [0.25, 0.3) is 11.4 Å². The lowest BCUT2D eigenvalue weighted by Crippen LogP contribution is -2.48. The molecular formula is C23H33N3O3. The Bertz CT molecular complexity index is 818. The second-order valence-electron chi connectivity index (χ2n) is 8.12. The number of aromatic nitrogens is 2. The van der Waals surface area contributed by atoms with E-state index in [1.165, 1.54) is 51.6 Å². The number of benzene rings is 1. The number of imidazole rings is 1. The van der Waals surface area contributed by atoms with E-state index in [4.69, 9.17) is 14.2 Å². The predicted octanol–water partition coefficient (Wildman–Crippen LogP) is 4.23. The van der Waals surface area contributed by atoms with Gasteiger partial charge in [-0.05, 0) is 63.2 Å². The van der Waals surface area contributed by atoms with Crippen LogP contribution in [0.3, 0.4) is 0 Å². The molecule has 0 radical (unpaired) electrons. The minimum absolute atomic E-state index is 0.604. The number of nitrogens with zero attached hydrogens (tertiary/aromatic N) is 3. The fourth-order valence-electron chi connectivity index (χ4n) is 5.23. The number of methoxy groups -OCH3 is 3. The Hall–Kier alpha value is -2.21. The zero-order valence-electron chi connectivity index (χ0n) is 17.9. The van der Waals surface area contributed by atoms with Crippen LogP contribution >= 0.6 is 0 Å². The maximum atomic E-state index is 5.69. The molecule has 2 fully saturated rings. The van der Waals surface area contributed by atoms with Gasteiger partial charge in [-0.1, -0.05) is 6.42 Å². The van der Waals surface area contributed by atoms with Crippen molar-refractivity contribution in [1.82, 2.24) is 14.5 Å². The van der Waals surface area contributed by atoms with E-state index in [0.717, 1.165) is 29.9 Å². The van der Waals surface area contributed by atoms with Crippen LogP contribution in [0.2, 0.25) is 0 Å². The van der Waals surface area contributed by atoms with Gasteiger partial charge in [0.1, 0.15) is 5.82 Å². The summed E-state index contributed by atoms with van der Waals surface area (Å²) < 4.78 is 18.9. The van der Waals surface area contributed by atoms with Gasteiger partial charge in [0.2, 0.25) is 5.75 Å². The van der Waals surface area contributed by atoms with Crippen LogP contribution in [-0.2, 0) is 6.54 Å². The Morgan fingerprint density at radius 3 is 2.59 bits per heavy atom. The van der Waals surface area contributed by atoms with Gasteiger partial charge in [0.15, 0.2) is 11.5 Å². The molecule has 2 saturated heterocycles. The molecule has 0 amide bonds. The Morgan fingerprint density at radius 2 is 1.79 bits per heavy atom. The first-order chi connectivity index (χ1) is 14.3. The highest BCUT2D eigenvalue weighted by atomic mass is 16.5. The summed E-state index contributed by atoms with van der Waals surface area (Å²) in [6.07, 6.45) is 12.0. The molecule has 2 atom stereocenters. The number of rotatable bonds is 7. The third-order valence-electron chi connectivity index (χ3n) is 6.63. The van der Waals surface area contributed by atoms with Crippen LogP contribution in [0.5, 0.6) is 17.2 Å². The van der Waals surface area contributed by atoms with Crippen molar-refractivity contribution in [2.75, 3.05) is 34.4 Å². The van der Waals surface area contributed by atoms with Crippen LogP contribution in [0.15, 0.2) is 24.5 Å². The number of piperidine rings is 2. The van der Waals surface area contributed by atoms with Gasteiger partial charge in [0.25, 0.3) is 0 Å². The molecule has 0 bridgehead atoms. The number of hydrogen-bond acceptors (Lipinski definition) is 5. The van der Waals surface area contributed by atoms with Crippen molar-refractivity contribution < 1.29 is 14.2 Å². The predicted molar refractivity (Wildman–Crippen MR) is 114 cm³/mol. The van der Waals surface area contributed by atoms with E-state index >= 15 is 0 Å². The lowest BCUT2D eigenvalue weighted by Gasteiger charge is -2.44. The van der Waals surface area contributed by atoms with E-state index < -0.39 is 0 Å². The highest BCUT2D eigenvalue weighted by molar-refractivity contribution is 5.72. The molecule has 1 aromatic heterocycles. The molecular weight excluding hydrogens is 366 g/mol. The van der Waals surface area contributed by atoms with Gasteiger partial charge in [-0.25, -0.2) is 4.98 Å². The van der Waals surface area contributed by atoms with Gasteiger partial charge in [0, 0.05) is 25.0 Å². The minimum atomic E-state index is 0.604. The molecule has 0 aliphatic carbocycles. The molecule has 0 N–H and O–H groups in total. The zero-order chi connectivity index (χ0) is 20.2. The number of fused-ring (bicyclic) bond motifs is 1. The van der Waals surface area contributed by atoms with Crippen molar-refractivity contribution in [2.24, 2.45) is 5.92 Å². The van der Waals surface area contributed by atoms with Gasteiger partial charge in [0.05, 0.1) is 26.9 Å². The highest BCUT2D eigenvalue weighted by Crippen LogP contribution is 2.44. The first kappa shape index (κ1) is 20.1. The van der Waals surface area contributed by atoms with E-state index in [2.05, 4.69) is 20.6 Å². The number of hydrogen-bond donors (Lipinski definition) is 0. The maximum Gasteiger partial charge on any atom is 0.204 e. The molecule has 2 aliphatic rings. The van der Waals surface area contributed by atoms with E-state index in [9.17, 15) is 0 Å². The van der Waals surface area contributed by atoms with Crippen LogP contribution in [0.1, 0.15) is 38.5 Å². The summed E-state index contributed by atoms with van der Waals surface area (Å²) in [4.78, 5) is 7.39. The van der Waals surface area contributed by atoms with Crippen LogP contribution < -0.4 is 14.2 Å². The summed E-state index contributed by atoms with van der Waals surface area (Å²) in [7, 11) is 4.93. The molecule has 0 spiro atoms. The zero-order valence-corrected chi connectivity index (χ0v) is 17.9. The molecule has 29 heavy (non-hydrogen) atoms. The molecule has 6 nitrogen and oxygen atoms in total. The van der Waals surface area contributed by atoms with Gasteiger partial charge >= 0.3 is 0 Å². The molecule has 3 heterocycles.